The number of hydrogen-bond acceptors (Lipinski definition) is 3. The van der Waals surface area contributed by atoms with Gasteiger partial charge in [0, 0.05) is 6.08 Å². The van der Waals surface area contributed by atoms with Crippen molar-refractivity contribution in [2.45, 2.75) is 73.8 Å². The molecule has 0 N–H and O–H groups in total. The second kappa shape index (κ2) is 9.97. The molecular formula is C27H36O3. The predicted molar refractivity (Wildman–Crippen MR) is 126 cm³/mol. The first kappa shape index (κ1) is 23.7. The number of allylic oxidation sites excluding steroid dienone is 6. The molecule has 162 valence electrons. The van der Waals surface area contributed by atoms with E-state index in [4.69, 9.17) is 9.47 Å². The normalized spacial score (nSPS) is 16.7. The fourth-order valence-corrected chi connectivity index (χ4v) is 3.70. The van der Waals surface area contributed by atoms with Crippen LogP contribution in [0, 0.1) is 20.8 Å². The molecule has 0 unspecified atom stereocenters. The third-order valence-electron chi connectivity index (χ3n) is 5.66. The molecule has 0 spiro atoms. The summed E-state index contributed by atoms with van der Waals surface area (Å²) < 4.78 is 11.3. The van der Waals surface area contributed by atoms with Crippen LogP contribution in [-0.4, -0.2) is 18.2 Å². The van der Waals surface area contributed by atoms with Gasteiger partial charge in [0.1, 0.15) is 11.4 Å². The van der Waals surface area contributed by atoms with Crippen molar-refractivity contribution >= 4 is 12.0 Å². The van der Waals surface area contributed by atoms with E-state index in [2.05, 4.69) is 53.7 Å². The number of carbonyl (C=O) groups excluding carboxylic acids is 1. The summed E-state index contributed by atoms with van der Waals surface area (Å²) >= 11 is 0. The monoisotopic (exact) mass is 408 g/mol. The number of benzene rings is 1. The Morgan fingerprint density at radius 1 is 1.07 bits per heavy atom. The van der Waals surface area contributed by atoms with E-state index in [-0.39, 0.29) is 11.6 Å². The van der Waals surface area contributed by atoms with Crippen LogP contribution in [0.4, 0.5) is 0 Å². The molecule has 30 heavy (non-hydrogen) atoms. The van der Waals surface area contributed by atoms with Crippen molar-refractivity contribution in [2.75, 3.05) is 6.61 Å². The first-order valence-corrected chi connectivity index (χ1v) is 10.8. The molecule has 1 heterocycles. The minimum atomic E-state index is -0.304. The number of hydrogen-bond donors (Lipinski definition) is 0. The molecule has 0 saturated heterocycles. The van der Waals surface area contributed by atoms with Gasteiger partial charge in [0.05, 0.1) is 6.61 Å². The minimum Gasteiger partial charge on any atom is -0.487 e. The Bertz CT molecular complexity index is 924. The lowest BCUT2D eigenvalue weighted by Gasteiger charge is -2.35. The third-order valence-corrected chi connectivity index (χ3v) is 5.66. The van der Waals surface area contributed by atoms with Crippen LogP contribution in [0.2, 0.25) is 0 Å². The largest absolute Gasteiger partial charge is 0.487 e. The highest BCUT2D eigenvalue weighted by atomic mass is 16.5. The number of ether oxygens (including phenoxy) is 2. The second-order valence-electron chi connectivity index (χ2n) is 8.70. The van der Waals surface area contributed by atoms with E-state index in [0.717, 1.165) is 29.7 Å². The molecule has 1 aliphatic rings. The number of rotatable bonds is 6. The van der Waals surface area contributed by atoms with Crippen molar-refractivity contribution in [1.82, 2.24) is 0 Å². The summed E-state index contributed by atoms with van der Waals surface area (Å²) in [6.45, 7) is 17.0. The Morgan fingerprint density at radius 2 is 1.77 bits per heavy atom. The maximum Gasteiger partial charge on any atom is 0.330 e. The predicted octanol–water partition coefficient (Wildman–Crippen LogP) is 6.74. The molecule has 0 atom stereocenters. The molecule has 1 aromatic rings. The van der Waals surface area contributed by atoms with E-state index < -0.39 is 0 Å². The molecule has 1 aromatic carbocycles. The fourth-order valence-electron chi connectivity index (χ4n) is 3.70. The van der Waals surface area contributed by atoms with Gasteiger partial charge >= 0.3 is 5.97 Å². The Balaban J connectivity index is 2.22. The maximum atomic E-state index is 11.5. The molecule has 0 aromatic heterocycles. The zero-order valence-corrected chi connectivity index (χ0v) is 19.8. The highest BCUT2D eigenvalue weighted by molar-refractivity contribution is 5.83. The van der Waals surface area contributed by atoms with Crippen molar-refractivity contribution in [1.29, 1.82) is 0 Å². The Labute approximate surface area is 182 Å². The lowest BCUT2D eigenvalue weighted by atomic mass is 9.85. The molecule has 3 nitrogen and oxygen atoms in total. The molecule has 0 fully saturated rings. The third kappa shape index (κ3) is 5.98. The average molecular weight is 409 g/mol. The zero-order chi connectivity index (χ0) is 22.5. The highest BCUT2D eigenvalue weighted by Gasteiger charge is 2.30. The topological polar surface area (TPSA) is 35.5 Å². The van der Waals surface area contributed by atoms with E-state index in [1.165, 1.54) is 33.9 Å². The molecule has 0 aliphatic carbocycles. The van der Waals surface area contributed by atoms with Crippen molar-refractivity contribution in [3.8, 4) is 5.75 Å². The first-order valence-electron chi connectivity index (χ1n) is 10.8. The quantitative estimate of drug-likeness (QED) is 0.297. The van der Waals surface area contributed by atoms with Crippen LogP contribution in [0.3, 0.4) is 0 Å². The van der Waals surface area contributed by atoms with Crippen molar-refractivity contribution in [2.24, 2.45) is 0 Å². The molecule has 2 rings (SSSR count). The van der Waals surface area contributed by atoms with Gasteiger partial charge in [-0.3, -0.25) is 0 Å². The van der Waals surface area contributed by atoms with Gasteiger partial charge in [0.2, 0.25) is 0 Å². The fraction of sp³-hybridized carbons (Fsp3) is 0.444. The van der Waals surface area contributed by atoms with Gasteiger partial charge in [-0.1, -0.05) is 36.0 Å². The second-order valence-corrected chi connectivity index (χ2v) is 8.70. The van der Waals surface area contributed by atoms with E-state index in [0.29, 0.717) is 6.61 Å². The van der Waals surface area contributed by atoms with Crippen molar-refractivity contribution < 1.29 is 14.3 Å². The standard InChI is InChI=1S/C27H36O3/c1-9-29-25(28)17-19(3)12-10-11-18(2)13-14-23-20(4)21(5)26-24(22(23)6)15-16-27(7,8)30-26/h10-14,17H,9,15-16H2,1-8H3/b12-10+,14-13+,18-11+,19-17+. The van der Waals surface area contributed by atoms with Crippen LogP contribution in [-0.2, 0) is 16.0 Å². The lowest BCUT2D eigenvalue weighted by molar-refractivity contribution is -0.137. The number of esters is 1. The van der Waals surface area contributed by atoms with E-state index >= 15 is 0 Å². The van der Waals surface area contributed by atoms with Crippen LogP contribution in [0.15, 0.2) is 41.5 Å². The summed E-state index contributed by atoms with van der Waals surface area (Å²) in [4.78, 5) is 11.5. The summed E-state index contributed by atoms with van der Waals surface area (Å²) in [5.74, 6) is 0.777. The van der Waals surface area contributed by atoms with Gasteiger partial charge in [-0.05, 0) is 102 Å². The summed E-state index contributed by atoms with van der Waals surface area (Å²) in [6, 6.07) is 0. The minimum absolute atomic E-state index is 0.0977. The van der Waals surface area contributed by atoms with Gasteiger partial charge in [0.15, 0.2) is 0 Å². The lowest BCUT2D eigenvalue weighted by Crippen LogP contribution is -2.33. The molecule has 3 heteroatoms. The molecule has 0 amide bonds. The Kier molecular flexibility index (Phi) is 7.89. The van der Waals surface area contributed by atoms with E-state index in [1.54, 1.807) is 6.92 Å². The number of carbonyl (C=O) groups is 1. The van der Waals surface area contributed by atoms with E-state index in [1.807, 2.05) is 25.2 Å². The average Bonchev–Trinajstić information content (AvgIpc) is 2.65. The van der Waals surface area contributed by atoms with Gasteiger partial charge in [-0.2, -0.15) is 0 Å². The first-order chi connectivity index (χ1) is 14.1. The molecule has 0 saturated carbocycles. The van der Waals surface area contributed by atoms with Gasteiger partial charge in [-0.15, -0.1) is 0 Å². The Morgan fingerprint density at radius 3 is 2.43 bits per heavy atom. The maximum absolute atomic E-state index is 11.5. The van der Waals surface area contributed by atoms with Gasteiger partial charge in [0.25, 0.3) is 0 Å². The van der Waals surface area contributed by atoms with Crippen molar-refractivity contribution in [3.63, 3.8) is 0 Å². The Hall–Kier alpha value is -2.55. The van der Waals surface area contributed by atoms with Crippen LogP contribution in [0.5, 0.6) is 5.75 Å². The van der Waals surface area contributed by atoms with E-state index in [9.17, 15) is 4.79 Å². The molecular weight excluding hydrogens is 372 g/mol. The highest BCUT2D eigenvalue weighted by Crippen LogP contribution is 2.41. The van der Waals surface area contributed by atoms with Crippen LogP contribution >= 0.6 is 0 Å². The molecule has 0 bridgehead atoms. The van der Waals surface area contributed by atoms with Crippen LogP contribution in [0.1, 0.15) is 68.9 Å². The van der Waals surface area contributed by atoms with Crippen molar-refractivity contribution in [3.05, 3.63) is 69.3 Å². The summed E-state index contributed by atoms with van der Waals surface area (Å²) in [5.41, 5.74) is 8.36. The summed E-state index contributed by atoms with van der Waals surface area (Å²) in [6.07, 6.45) is 13.9. The zero-order valence-electron chi connectivity index (χ0n) is 19.8. The smallest absolute Gasteiger partial charge is 0.330 e. The molecule has 1 aliphatic heterocycles. The van der Waals surface area contributed by atoms with Gasteiger partial charge in [-0.25, -0.2) is 4.79 Å². The van der Waals surface area contributed by atoms with Crippen LogP contribution < -0.4 is 4.74 Å². The summed E-state index contributed by atoms with van der Waals surface area (Å²) in [7, 11) is 0. The number of fused-ring (bicyclic) bond motifs is 1. The molecule has 0 radical (unpaired) electrons. The van der Waals surface area contributed by atoms with Crippen LogP contribution in [0.25, 0.3) is 6.08 Å². The summed E-state index contributed by atoms with van der Waals surface area (Å²) in [5, 5.41) is 0. The SMILES string of the molecule is CCOC(=O)/C=C(C)/C=C/C=C(C)/C=C/c1c(C)c(C)c2c(c1C)CCC(C)(C)O2. The van der Waals surface area contributed by atoms with Gasteiger partial charge < -0.3 is 9.47 Å².